The molecule has 1 aliphatic rings. The van der Waals surface area contributed by atoms with Gasteiger partial charge in [-0.25, -0.2) is 0 Å². The second-order valence-electron chi connectivity index (χ2n) is 6.51. The molecule has 30 heavy (non-hydrogen) atoms. The van der Waals surface area contributed by atoms with E-state index >= 15 is 0 Å². The quantitative estimate of drug-likeness (QED) is 0.358. The molecule has 0 saturated carbocycles. The van der Waals surface area contributed by atoms with Crippen molar-refractivity contribution in [3.8, 4) is 11.5 Å². The second kappa shape index (κ2) is 10.7. The predicted octanol–water partition coefficient (Wildman–Crippen LogP) is 5.11. The Morgan fingerprint density at radius 2 is 1.83 bits per heavy atom. The first-order chi connectivity index (χ1) is 14.5. The molecule has 0 N–H and O–H groups in total. The summed E-state index contributed by atoms with van der Waals surface area (Å²) >= 11 is 4.36. The number of carbonyl (C=O) groups excluding carboxylic acids is 2. The summed E-state index contributed by atoms with van der Waals surface area (Å²) < 4.78 is 17.3. The standard InChI is InChI=1S/C22H22BrNO5S/c1-27-11-3-10-24-21(25)20(30-22(24)26)13-16-6-9-18(19(12-16)28-2)29-14-15-4-7-17(23)8-5-15/h4-9,12-13H,3,10-11,14H2,1-2H3/b20-13+. The van der Waals surface area contributed by atoms with Crippen molar-refractivity contribution in [1.29, 1.82) is 0 Å². The molecule has 3 rings (SSSR count). The largest absolute Gasteiger partial charge is 0.493 e. The minimum Gasteiger partial charge on any atom is -0.493 e. The van der Waals surface area contributed by atoms with Crippen LogP contribution in [0.1, 0.15) is 17.5 Å². The number of hydrogen-bond acceptors (Lipinski definition) is 6. The molecule has 6 nitrogen and oxygen atoms in total. The van der Waals surface area contributed by atoms with Gasteiger partial charge in [0.15, 0.2) is 11.5 Å². The van der Waals surface area contributed by atoms with Crippen LogP contribution in [0.2, 0.25) is 0 Å². The Bertz CT molecular complexity index is 945. The highest BCUT2D eigenvalue weighted by Crippen LogP contribution is 2.34. The number of methoxy groups -OCH3 is 2. The Kier molecular flexibility index (Phi) is 7.95. The highest BCUT2D eigenvalue weighted by atomic mass is 79.9. The molecule has 0 atom stereocenters. The summed E-state index contributed by atoms with van der Waals surface area (Å²) in [5, 5.41) is -0.260. The SMILES string of the molecule is COCCCN1C(=O)S/C(=C/c2ccc(OCc3ccc(Br)cc3)c(OC)c2)C1=O. The Labute approximate surface area is 188 Å². The third-order valence-corrected chi connectivity index (χ3v) is 5.83. The lowest BCUT2D eigenvalue weighted by atomic mass is 10.1. The fourth-order valence-corrected chi connectivity index (χ4v) is 3.98. The zero-order valence-electron chi connectivity index (χ0n) is 16.7. The molecular weight excluding hydrogens is 470 g/mol. The molecule has 1 saturated heterocycles. The molecule has 0 spiro atoms. The molecule has 2 amide bonds. The van der Waals surface area contributed by atoms with Gasteiger partial charge in [0.25, 0.3) is 11.1 Å². The van der Waals surface area contributed by atoms with E-state index in [-0.39, 0.29) is 11.1 Å². The van der Waals surface area contributed by atoms with Gasteiger partial charge in [0.05, 0.1) is 12.0 Å². The van der Waals surface area contributed by atoms with Crippen LogP contribution >= 0.6 is 27.7 Å². The minimum atomic E-state index is -0.282. The van der Waals surface area contributed by atoms with E-state index in [4.69, 9.17) is 14.2 Å². The molecule has 0 aliphatic carbocycles. The zero-order valence-corrected chi connectivity index (χ0v) is 19.1. The summed E-state index contributed by atoms with van der Waals surface area (Å²) in [6.07, 6.45) is 2.31. The lowest BCUT2D eigenvalue weighted by molar-refractivity contribution is -0.122. The number of nitrogens with zero attached hydrogens (tertiary/aromatic N) is 1. The van der Waals surface area contributed by atoms with Crippen molar-refractivity contribution in [3.05, 3.63) is 63.0 Å². The van der Waals surface area contributed by atoms with Crippen LogP contribution < -0.4 is 9.47 Å². The van der Waals surface area contributed by atoms with E-state index < -0.39 is 0 Å². The van der Waals surface area contributed by atoms with E-state index in [1.54, 1.807) is 32.4 Å². The topological polar surface area (TPSA) is 65.1 Å². The Morgan fingerprint density at radius 3 is 2.53 bits per heavy atom. The first-order valence-corrected chi connectivity index (χ1v) is 10.9. The van der Waals surface area contributed by atoms with Gasteiger partial charge in [-0.2, -0.15) is 0 Å². The van der Waals surface area contributed by atoms with Crippen molar-refractivity contribution in [1.82, 2.24) is 4.90 Å². The van der Waals surface area contributed by atoms with Crippen molar-refractivity contribution in [2.45, 2.75) is 13.0 Å². The molecule has 0 radical (unpaired) electrons. The van der Waals surface area contributed by atoms with Crippen LogP contribution in [0.25, 0.3) is 6.08 Å². The van der Waals surface area contributed by atoms with Gasteiger partial charge in [-0.05, 0) is 59.7 Å². The number of hydrogen-bond donors (Lipinski definition) is 0. The number of carbonyl (C=O) groups is 2. The van der Waals surface area contributed by atoms with E-state index in [1.165, 1.54) is 4.90 Å². The number of rotatable bonds is 9. The van der Waals surface area contributed by atoms with Crippen LogP contribution in [0.5, 0.6) is 11.5 Å². The number of imide groups is 1. The number of ether oxygens (including phenoxy) is 3. The van der Waals surface area contributed by atoms with Gasteiger partial charge in [0.2, 0.25) is 0 Å². The third-order valence-electron chi connectivity index (χ3n) is 4.40. The van der Waals surface area contributed by atoms with Gasteiger partial charge in [0.1, 0.15) is 6.61 Å². The maximum absolute atomic E-state index is 12.5. The van der Waals surface area contributed by atoms with Gasteiger partial charge in [0, 0.05) is 24.7 Å². The number of thioether (sulfide) groups is 1. The van der Waals surface area contributed by atoms with Crippen molar-refractivity contribution in [2.75, 3.05) is 27.4 Å². The van der Waals surface area contributed by atoms with E-state index in [1.807, 2.05) is 30.3 Å². The van der Waals surface area contributed by atoms with Crippen molar-refractivity contribution < 1.29 is 23.8 Å². The number of amides is 2. The van der Waals surface area contributed by atoms with E-state index in [9.17, 15) is 9.59 Å². The number of benzene rings is 2. The number of halogens is 1. The molecule has 0 aromatic heterocycles. The average Bonchev–Trinajstić information content (AvgIpc) is 3.01. The van der Waals surface area contributed by atoms with E-state index in [0.29, 0.717) is 42.6 Å². The van der Waals surface area contributed by atoms with Gasteiger partial charge in [-0.15, -0.1) is 0 Å². The highest BCUT2D eigenvalue weighted by molar-refractivity contribution is 9.10. The van der Waals surface area contributed by atoms with Gasteiger partial charge >= 0.3 is 0 Å². The van der Waals surface area contributed by atoms with Crippen LogP contribution in [0, 0.1) is 0 Å². The van der Waals surface area contributed by atoms with Crippen LogP contribution in [0.15, 0.2) is 51.8 Å². The van der Waals surface area contributed by atoms with Crippen molar-refractivity contribution in [3.63, 3.8) is 0 Å². The molecule has 2 aromatic carbocycles. The fourth-order valence-electron chi connectivity index (χ4n) is 2.85. The highest BCUT2D eigenvalue weighted by Gasteiger charge is 2.34. The minimum absolute atomic E-state index is 0.260. The Balaban J connectivity index is 1.70. The van der Waals surface area contributed by atoms with Crippen LogP contribution in [0.4, 0.5) is 4.79 Å². The lowest BCUT2D eigenvalue weighted by Gasteiger charge is -2.12. The fraction of sp³-hybridized carbons (Fsp3) is 0.273. The summed E-state index contributed by atoms with van der Waals surface area (Å²) in [7, 11) is 3.16. The first kappa shape index (κ1) is 22.4. The smallest absolute Gasteiger partial charge is 0.293 e. The summed E-state index contributed by atoms with van der Waals surface area (Å²) in [6.45, 7) is 1.26. The van der Waals surface area contributed by atoms with Crippen molar-refractivity contribution in [2.24, 2.45) is 0 Å². The summed E-state index contributed by atoms with van der Waals surface area (Å²) in [5.74, 6) is 0.876. The monoisotopic (exact) mass is 491 g/mol. The van der Waals surface area contributed by atoms with Crippen molar-refractivity contribution >= 4 is 44.9 Å². The molecule has 8 heteroatoms. The average molecular weight is 492 g/mol. The normalized spacial score (nSPS) is 15.2. The van der Waals surface area contributed by atoms with E-state index in [2.05, 4.69) is 15.9 Å². The summed E-state index contributed by atoms with van der Waals surface area (Å²) in [5.41, 5.74) is 1.79. The molecule has 1 aliphatic heterocycles. The Hall–Kier alpha value is -2.29. The predicted molar refractivity (Wildman–Crippen MR) is 121 cm³/mol. The maximum Gasteiger partial charge on any atom is 0.293 e. The molecule has 0 bridgehead atoms. The molecule has 158 valence electrons. The van der Waals surface area contributed by atoms with Gasteiger partial charge in [-0.1, -0.05) is 34.1 Å². The lowest BCUT2D eigenvalue weighted by Crippen LogP contribution is -2.29. The molecular formula is C22H22BrNO5S. The summed E-state index contributed by atoms with van der Waals surface area (Å²) in [4.78, 5) is 26.3. The summed E-state index contributed by atoms with van der Waals surface area (Å²) in [6, 6.07) is 13.3. The van der Waals surface area contributed by atoms with Crippen LogP contribution in [-0.2, 0) is 16.1 Å². The van der Waals surface area contributed by atoms with Crippen LogP contribution in [-0.4, -0.2) is 43.4 Å². The molecule has 0 unspecified atom stereocenters. The maximum atomic E-state index is 12.5. The van der Waals surface area contributed by atoms with Gasteiger partial charge < -0.3 is 14.2 Å². The zero-order chi connectivity index (χ0) is 21.5. The van der Waals surface area contributed by atoms with E-state index in [0.717, 1.165) is 27.4 Å². The van der Waals surface area contributed by atoms with Crippen LogP contribution in [0.3, 0.4) is 0 Å². The third kappa shape index (κ3) is 5.65. The first-order valence-electron chi connectivity index (χ1n) is 9.31. The molecule has 1 heterocycles. The van der Waals surface area contributed by atoms with Gasteiger partial charge in [-0.3, -0.25) is 14.5 Å². The Morgan fingerprint density at radius 1 is 1.07 bits per heavy atom. The second-order valence-corrected chi connectivity index (χ2v) is 8.41. The molecule has 1 fully saturated rings. The molecule has 2 aromatic rings.